The number of piperidine rings is 1. The highest BCUT2D eigenvalue weighted by Crippen LogP contribution is 2.21. The standard InChI is InChI=1S/C10H21N3/c1-4-12-10(11)13-6-5-8(2)9(3)7-13/h8-9H,4-7H2,1-3H3,(H2,11,12). The van der Waals surface area contributed by atoms with Gasteiger partial charge in [0, 0.05) is 19.6 Å². The monoisotopic (exact) mass is 183 g/mol. The smallest absolute Gasteiger partial charge is 0.191 e. The Morgan fingerprint density at radius 1 is 1.46 bits per heavy atom. The van der Waals surface area contributed by atoms with Crippen molar-refractivity contribution in [1.82, 2.24) is 4.90 Å². The van der Waals surface area contributed by atoms with Crippen LogP contribution in [0.3, 0.4) is 0 Å². The van der Waals surface area contributed by atoms with Crippen LogP contribution in [0.25, 0.3) is 0 Å². The summed E-state index contributed by atoms with van der Waals surface area (Å²) in [6, 6.07) is 0. The largest absolute Gasteiger partial charge is 0.370 e. The number of likely N-dealkylation sites (tertiary alicyclic amines) is 1. The first kappa shape index (κ1) is 10.4. The molecule has 1 fully saturated rings. The molecular weight excluding hydrogens is 162 g/mol. The topological polar surface area (TPSA) is 41.6 Å². The van der Waals surface area contributed by atoms with Crippen molar-refractivity contribution in [2.75, 3.05) is 19.6 Å². The zero-order valence-corrected chi connectivity index (χ0v) is 8.95. The van der Waals surface area contributed by atoms with Gasteiger partial charge in [-0.05, 0) is 25.2 Å². The average Bonchev–Trinajstić information content (AvgIpc) is 2.10. The predicted octanol–water partition coefficient (Wildman–Crippen LogP) is 1.30. The minimum Gasteiger partial charge on any atom is -0.370 e. The normalized spacial score (nSPS) is 30.7. The molecule has 0 bridgehead atoms. The maximum Gasteiger partial charge on any atom is 0.191 e. The van der Waals surface area contributed by atoms with Gasteiger partial charge < -0.3 is 10.6 Å². The third-order valence-corrected chi connectivity index (χ3v) is 2.98. The van der Waals surface area contributed by atoms with Crippen LogP contribution in [0, 0.1) is 11.8 Å². The summed E-state index contributed by atoms with van der Waals surface area (Å²) in [6.07, 6.45) is 1.24. The van der Waals surface area contributed by atoms with Gasteiger partial charge in [-0.15, -0.1) is 0 Å². The van der Waals surface area contributed by atoms with Crippen molar-refractivity contribution in [1.29, 1.82) is 0 Å². The second-order valence-electron chi connectivity index (χ2n) is 4.02. The van der Waals surface area contributed by atoms with Gasteiger partial charge in [0.1, 0.15) is 0 Å². The van der Waals surface area contributed by atoms with E-state index in [0.717, 1.165) is 37.4 Å². The van der Waals surface area contributed by atoms with Crippen LogP contribution in [0.15, 0.2) is 4.99 Å². The molecule has 0 radical (unpaired) electrons. The molecule has 1 rings (SSSR count). The van der Waals surface area contributed by atoms with Crippen LogP contribution in [-0.4, -0.2) is 30.5 Å². The van der Waals surface area contributed by atoms with E-state index in [9.17, 15) is 0 Å². The van der Waals surface area contributed by atoms with Crippen molar-refractivity contribution in [2.24, 2.45) is 22.6 Å². The molecule has 0 aliphatic carbocycles. The van der Waals surface area contributed by atoms with Gasteiger partial charge in [0.05, 0.1) is 0 Å². The van der Waals surface area contributed by atoms with Crippen LogP contribution in [0.2, 0.25) is 0 Å². The molecule has 0 saturated carbocycles. The fourth-order valence-corrected chi connectivity index (χ4v) is 1.73. The summed E-state index contributed by atoms with van der Waals surface area (Å²) < 4.78 is 0. The first-order valence-electron chi connectivity index (χ1n) is 5.20. The minimum absolute atomic E-state index is 0.723. The van der Waals surface area contributed by atoms with E-state index in [-0.39, 0.29) is 0 Å². The molecule has 1 aliphatic heterocycles. The van der Waals surface area contributed by atoms with Crippen LogP contribution in [-0.2, 0) is 0 Å². The number of hydrogen-bond acceptors (Lipinski definition) is 1. The second kappa shape index (κ2) is 4.49. The van der Waals surface area contributed by atoms with Gasteiger partial charge >= 0.3 is 0 Å². The number of hydrogen-bond donors (Lipinski definition) is 1. The highest BCUT2D eigenvalue weighted by atomic mass is 15.3. The summed E-state index contributed by atoms with van der Waals surface area (Å²) in [4.78, 5) is 6.43. The van der Waals surface area contributed by atoms with Crippen molar-refractivity contribution >= 4 is 5.96 Å². The van der Waals surface area contributed by atoms with Crippen molar-refractivity contribution < 1.29 is 0 Å². The maximum absolute atomic E-state index is 5.84. The molecule has 0 aromatic heterocycles. The third kappa shape index (κ3) is 2.61. The number of nitrogens with two attached hydrogens (primary N) is 1. The molecular formula is C10H21N3. The Morgan fingerprint density at radius 2 is 2.15 bits per heavy atom. The zero-order valence-electron chi connectivity index (χ0n) is 8.95. The van der Waals surface area contributed by atoms with Crippen LogP contribution >= 0.6 is 0 Å². The van der Waals surface area contributed by atoms with E-state index in [2.05, 4.69) is 23.7 Å². The number of guanidine groups is 1. The molecule has 1 heterocycles. The Balaban J connectivity index is 2.50. The first-order chi connectivity index (χ1) is 6.15. The minimum atomic E-state index is 0.723. The van der Waals surface area contributed by atoms with E-state index in [1.165, 1.54) is 6.42 Å². The lowest BCUT2D eigenvalue weighted by Gasteiger charge is -2.35. The molecule has 0 aromatic carbocycles. The Labute approximate surface area is 81.0 Å². The Morgan fingerprint density at radius 3 is 2.69 bits per heavy atom. The van der Waals surface area contributed by atoms with Crippen LogP contribution < -0.4 is 5.73 Å². The average molecular weight is 183 g/mol. The lowest BCUT2D eigenvalue weighted by molar-refractivity contribution is 0.202. The maximum atomic E-state index is 5.84. The van der Waals surface area contributed by atoms with E-state index in [1.54, 1.807) is 0 Å². The third-order valence-electron chi connectivity index (χ3n) is 2.98. The van der Waals surface area contributed by atoms with Gasteiger partial charge in [0.25, 0.3) is 0 Å². The molecule has 2 atom stereocenters. The van der Waals surface area contributed by atoms with E-state index >= 15 is 0 Å². The van der Waals surface area contributed by atoms with Gasteiger partial charge in [-0.1, -0.05) is 13.8 Å². The van der Waals surface area contributed by atoms with Crippen LogP contribution in [0.5, 0.6) is 0 Å². The molecule has 2 N–H and O–H groups in total. The lowest BCUT2D eigenvalue weighted by atomic mass is 9.89. The predicted molar refractivity (Wildman–Crippen MR) is 56.7 cm³/mol. The number of nitrogens with zero attached hydrogens (tertiary/aromatic N) is 2. The molecule has 1 aliphatic rings. The Kier molecular flexibility index (Phi) is 3.58. The summed E-state index contributed by atoms with van der Waals surface area (Å²) >= 11 is 0. The Hall–Kier alpha value is -0.730. The first-order valence-corrected chi connectivity index (χ1v) is 5.20. The van der Waals surface area contributed by atoms with Crippen molar-refractivity contribution in [3.05, 3.63) is 0 Å². The molecule has 0 spiro atoms. The van der Waals surface area contributed by atoms with Crippen LogP contribution in [0.4, 0.5) is 0 Å². The van der Waals surface area contributed by atoms with E-state index in [1.807, 2.05) is 6.92 Å². The fraction of sp³-hybridized carbons (Fsp3) is 0.900. The van der Waals surface area contributed by atoms with Crippen molar-refractivity contribution in [3.8, 4) is 0 Å². The molecule has 3 nitrogen and oxygen atoms in total. The summed E-state index contributed by atoms with van der Waals surface area (Å²) in [6.45, 7) is 9.54. The number of rotatable bonds is 1. The SMILES string of the molecule is CCN=C(N)N1CCC(C)C(C)C1. The quantitative estimate of drug-likeness (QED) is 0.492. The molecule has 1 saturated heterocycles. The van der Waals surface area contributed by atoms with Crippen molar-refractivity contribution in [3.63, 3.8) is 0 Å². The van der Waals surface area contributed by atoms with Crippen molar-refractivity contribution in [2.45, 2.75) is 27.2 Å². The zero-order chi connectivity index (χ0) is 9.84. The van der Waals surface area contributed by atoms with Gasteiger partial charge in [-0.2, -0.15) is 0 Å². The highest BCUT2D eigenvalue weighted by molar-refractivity contribution is 5.78. The lowest BCUT2D eigenvalue weighted by Crippen LogP contribution is -2.45. The molecule has 13 heavy (non-hydrogen) atoms. The number of aliphatic imine (C=N–C) groups is 1. The molecule has 2 unspecified atom stereocenters. The molecule has 0 amide bonds. The second-order valence-corrected chi connectivity index (χ2v) is 4.02. The van der Waals surface area contributed by atoms with E-state index in [4.69, 9.17) is 5.73 Å². The highest BCUT2D eigenvalue weighted by Gasteiger charge is 2.23. The van der Waals surface area contributed by atoms with Gasteiger partial charge in [0.15, 0.2) is 5.96 Å². The van der Waals surface area contributed by atoms with Crippen LogP contribution in [0.1, 0.15) is 27.2 Å². The molecule has 76 valence electrons. The van der Waals surface area contributed by atoms with E-state index in [0.29, 0.717) is 0 Å². The fourth-order valence-electron chi connectivity index (χ4n) is 1.73. The van der Waals surface area contributed by atoms with Gasteiger partial charge in [0.2, 0.25) is 0 Å². The van der Waals surface area contributed by atoms with E-state index < -0.39 is 0 Å². The van der Waals surface area contributed by atoms with Gasteiger partial charge in [-0.3, -0.25) is 4.99 Å². The summed E-state index contributed by atoms with van der Waals surface area (Å²) in [7, 11) is 0. The summed E-state index contributed by atoms with van der Waals surface area (Å²) in [5.41, 5.74) is 5.84. The molecule has 0 aromatic rings. The summed E-state index contributed by atoms with van der Waals surface area (Å²) in [5, 5.41) is 0. The molecule has 3 heteroatoms. The Bertz CT molecular complexity index is 189. The van der Waals surface area contributed by atoms with Gasteiger partial charge in [-0.25, -0.2) is 0 Å². The summed E-state index contributed by atoms with van der Waals surface area (Å²) in [5.74, 6) is 2.28.